The van der Waals surface area contributed by atoms with E-state index in [0.717, 1.165) is 17.9 Å². The second kappa shape index (κ2) is 7.50. The van der Waals surface area contributed by atoms with Gasteiger partial charge in [-0.25, -0.2) is 0 Å². The minimum absolute atomic E-state index is 0. The van der Waals surface area contributed by atoms with Crippen LogP contribution in [-0.2, 0) is 9.59 Å². The van der Waals surface area contributed by atoms with E-state index in [0.29, 0.717) is 19.0 Å². The van der Waals surface area contributed by atoms with Gasteiger partial charge in [-0.1, -0.05) is 0 Å². The van der Waals surface area contributed by atoms with Gasteiger partial charge in [0.1, 0.15) is 6.54 Å². The lowest BCUT2D eigenvalue weighted by atomic mass is 10.1. The molecule has 5 nitrogen and oxygen atoms in total. The molecule has 128 valence electrons. The average molecular weight is 344 g/mol. The number of likely N-dealkylation sites (tertiary alicyclic amines) is 2. The summed E-state index contributed by atoms with van der Waals surface area (Å²) < 4.78 is 37.0. The number of nitrogens with one attached hydrogen (secondary N) is 1. The molecule has 0 radical (unpaired) electrons. The van der Waals surface area contributed by atoms with Gasteiger partial charge in [-0.05, 0) is 25.9 Å². The Kier molecular flexibility index (Phi) is 6.49. The van der Waals surface area contributed by atoms with Crippen LogP contribution >= 0.6 is 12.4 Å². The van der Waals surface area contributed by atoms with Crippen molar-refractivity contribution in [3.05, 3.63) is 0 Å². The average Bonchev–Trinajstić information content (AvgIpc) is 2.95. The molecule has 2 atom stereocenters. The van der Waals surface area contributed by atoms with Crippen LogP contribution in [0, 0.1) is 11.8 Å². The molecule has 2 fully saturated rings. The van der Waals surface area contributed by atoms with Crippen LogP contribution in [0.1, 0.15) is 12.8 Å². The summed E-state index contributed by atoms with van der Waals surface area (Å²) >= 11 is 0. The molecule has 22 heavy (non-hydrogen) atoms. The van der Waals surface area contributed by atoms with Crippen LogP contribution in [0.25, 0.3) is 0 Å². The van der Waals surface area contributed by atoms with Crippen molar-refractivity contribution in [3.8, 4) is 0 Å². The van der Waals surface area contributed by atoms with Gasteiger partial charge in [0.25, 0.3) is 0 Å². The summed E-state index contributed by atoms with van der Waals surface area (Å²) in [5.41, 5.74) is 0. The number of nitrogens with zero attached hydrogens (tertiary/aromatic N) is 2. The number of carbonyl (C=O) groups is 2. The van der Waals surface area contributed by atoms with Gasteiger partial charge in [0.15, 0.2) is 0 Å². The topological polar surface area (TPSA) is 52.7 Å². The molecule has 0 spiro atoms. The standard InChI is InChI=1S/C13H20F3N3O2.ClH/c1-17-5-9-2-3-18(6-9)12(21)10-4-11(20)19(7-10)8-13(14,15)16;/h9-10,17H,2-8H2,1H3;1H. The van der Waals surface area contributed by atoms with Crippen molar-refractivity contribution in [2.75, 3.05) is 39.8 Å². The third kappa shape index (κ3) is 4.74. The van der Waals surface area contributed by atoms with Crippen molar-refractivity contribution in [3.63, 3.8) is 0 Å². The highest BCUT2D eigenvalue weighted by atomic mass is 35.5. The van der Waals surface area contributed by atoms with Crippen LogP contribution in [-0.4, -0.2) is 67.6 Å². The summed E-state index contributed by atoms with van der Waals surface area (Å²) in [7, 11) is 1.84. The summed E-state index contributed by atoms with van der Waals surface area (Å²) in [6.07, 6.45) is -3.64. The predicted molar refractivity (Wildman–Crippen MR) is 76.6 cm³/mol. The van der Waals surface area contributed by atoms with Crippen molar-refractivity contribution in [1.29, 1.82) is 0 Å². The van der Waals surface area contributed by atoms with Gasteiger partial charge in [-0.15, -0.1) is 12.4 Å². The van der Waals surface area contributed by atoms with Crippen LogP contribution in [0.5, 0.6) is 0 Å². The third-order valence-electron chi connectivity index (χ3n) is 4.02. The van der Waals surface area contributed by atoms with E-state index in [9.17, 15) is 22.8 Å². The van der Waals surface area contributed by atoms with Crippen molar-refractivity contribution in [1.82, 2.24) is 15.1 Å². The second-order valence-corrected chi connectivity index (χ2v) is 5.79. The normalized spacial score (nSPS) is 25.5. The Morgan fingerprint density at radius 3 is 2.64 bits per heavy atom. The molecule has 2 rings (SSSR count). The molecule has 9 heteroatoms. The number of alkyl halides is 3. The van der Waals surface area contributed by atoms with Gasteiger partial charge in [0.05, 0.1) is 5.92 Å². The Balaban J connectivity index is 0.00000242. The molecule has 0 aliphatic carbocycles. The van der Waals surface area contributed by atoms with Gasteiger partial charge in [0, 0.05) is 26.1 Å². The second-order valence-electron chi connectivity index (χ2n) is 5.79. The lowest BCUT2D eigenvalue weighted by Crippen LogP contribution is -2.38. The summed E-state index contributed by atoms with van der Waals surface area (Å²) in [6.45, 7) is 0.661. The molecule has 0 aromatic carbocycles. The van der Waals surface area contributed by atoms with Crippen LogP contribution in [0.3, 0.4) is 0 Å². The molecule has 2 unspecified atom stereocenters. The largest absolute Gasteiger partial charge is 0.406 e. The summed E-state index contributed by atoms with van der Waals surface area (Å²) in [6, 6.07) is 0. The minimum atomic E-state index is -4.42. The lowest BCUT2D eigenvalue weighted by Gasteiger charge is -2.21. The quantitative estimate of drug-likeness (QED) is 0.824. The van der Waals surface area contributed by atoms with Gasteiger partial charge in [-0.3, -0.25) is 9.59 Å². The third-order valence-corrected chi connectivity index (χ3v) is 4.02. The Morgan fingerprint density at radius 2 is 2.05 bits per heavy atom. The van der Waals surface area contributed by atoms with Crippen LogP contribution in [0.4, 0.5) is 13.2 Å². The minimum Gasteiger partial charge on any atom is -0.342 e. The van der Waals surface area contributed by atoms with Gasteiger partial charge >= 0.3 is 6.18 Å². The first-order valence-electron chi connectivity index (χ1n) is 7.08. The highest BCUT2D eigenvalue weighted by Crippen LogP contribution is 2.26. The van der Waals surface area contributed by atoms with E-state index >= 15 is 0 Å². The maximum atomic E-state index is 12.3. The van der Waals surface area contributed by atoms with E-state index in [2.05, 4.69) is 5.32 Å². The fraction of sp³-hybridized carbons (Fsp3) is 0.846. The molecule has 0 bridgehead atoms. The smallest absolute Gasteiger partial charge is 0.342 e. The van der Waals surface area contributed by atoms with Gasteiger partial charge < -0.3 is 15.1 Å². The predicted octanol–water partition coefficient (Wildman–Crippen LogP) is 0.887. The van der Waals surface area contributed by atoms with E-state index in [4.69, 9.17) is 0 Å². The van der Waals surface area contributed by atoms with Crippen LogP contribution < -0.4 is 5.32 Å². The Hall–Kier alpha value is -1.02. The van der Waals surface area contributed by atoms with Crippen molar-refractivity contribution < 1.29 is 22.8 Å². The van der Waals surface area contributed by atoms with Crippen molar-refractivity contribution >= 4 is 24.2 Å². The first-order valence-corrected chi connectivity index (χ1v) is 7.08. The van der Waals surface area contributed by atoms with Crippen LogP contribution in [0.15, 0.2) is 0 Å². The first-order chi connectivity index (χ1) is 9.80. The molecule has 0 aromatic rings. The molecular weight excluding hydrogens is 323 g/mol. The van der Waals surface area contributed by atoms with E-state index in [1.165, 1.54) is 0 Å². The molecular formula is C13H21ClF3N3O2. The highest BCUT2D eigenvalue weighted by molar-refractivity contribution is 5.89. The Bertz CT molecular complexity index is 420. The van der Waals surface area contributed by atoms with Gasteiger partial charge in [0.2, 0.25) is 11.8 Å². The molecule has 2 amide bonds. The molecule has 2 aliphatic heterocycles. The molecule has 0 saturated carbocycles. The number of hydrogen-bond donors (Lipinski definition) is 1. The summed E-state index contributed by atoms with van der Waals surface area (Å²) in [4.78, 5) is 26.3. The zero-order chi connectivity index (χ0) is 15.6. The number of rotatable bonds is 4. The van der Waals surface area contributed by atoms with Crippen molar-refractivity contribution in [2.45, 2.75) is 19.0 Å². The Labute approximate surface area is 133 Å². The fourth-order valence-corrected chi connectivity index (χ4v) is 3.05. The number of amides is 2. The Morgan fingerprint density at radius 1 is 1.36 bits per heavy atom. The molecule has 2 saturated heterocycles. The summed E-state index contributed by atoms with van der Waals surface area (Å²) in [5, 5.41) is 3.05. The van der Waals surface area contributed by atoms with E-state index in [1.807, 2.05) is 7.05 Å². The molecule has 1 N–H and O–H groups in total. The highest BCUT2D eigenvalue weighted by Gasteiger charge is 2.42. The number of carbonyl (C=O) groups excluding carboxylic acids is 2. The molecule has 2 aliphatic rings. The van der Waals surface area contributed by atoms with Gasteiger partial charge in [-0.2, -0.15) is 13.2 Å². The van der Waals surface area contributed by atoms with E-state index < -0.39 is 24.5 Å². The monoisotopic (exact) mass is 343 g/mol. The fourth-order valence-electron chi connectivity index (χ4n) is 3.05. The maximum Gasteiger partial charge on any atom is 0.406 e. The van der Waals surface area contributed by atoms with Crippen molar-refractivity contribution in [2.24, 2.45) is 11.8 Å². The molecule has 2 heterocycles. The first kappa shape index (κ1) is 19.0. The summed E-state index contributed by atoms with van der Waals surface area (Å²) in [5.74, 6) is -1.03. The van der Waals surface area contributed by atoms with E-state index in [1.54, 1.807) is 4.90 Å². The maximum absolute atomic E-state index is 12.3. The number of halogens is 4. The lowest BCUT2D eigenvalue weighted by molar-refractivity contribution is -0.157. The zero-order valence-corrected chi connectivity index (χ0v) is 13.2. The van der Waals surface area contributed by atoms with E-state index in [-0.39, 0.29) is 31.3 Å². The molecule has 0 aromatic heterocycles. The van der Waals surface area contributed by atoms with Crippen LogP contribution in [0.2, 0.25) is 0 Å². The zero-order valence-electron chi connectivity index (χ0n) is 12.4. The SMILES string of the molecule is CNCC1CCN(C(=O)C2CC(=O)N(CC(F)(F)F)C2)C1.Cl. The number of hydrogen-bond acceptors (Lipinski definition) is 3.